The van der Waals surface area contributed by atoms with Gasteiger partial charge in [-0.25, -0.2) is 0 Å². The van der Waals surface area contributed by atoms with E-state index in [1.807, 2.05) is 34.1 Å². The number of piperazine rings is 1. The highest BCUT2D eigenvalue weighted by Gasteiger charge is 2.32. The molecule has 3 fully saturated rings. The van der Waals surface area contributed by atoms with Crippen LogP contribution >= 0.6 is 0 Å². The van der Waals surface area contributed by atoms with Crippen LogP contribution in [0.5, 0.6) is 5.75 Å². The summed E-state index contributed by atoms with van der Waals surface area (Å²) in [6.07, 6.45) is 7.87. The molecule has 1 saturated carbocycles. The Kier molecular flexibility index (Phi) is 8.25. The Morgan fingerprint density at radius 3 is 2.15 bits per heavy atom. The first kappa shape index (κ1) is 24.0. The monoisotopic (exact) mass is 456 g/mol. The van der Waals surface area contributed by atoms with Crippen LogP contribution in [0.2, 0.25) is 0 Å². The van der Waals surface area contributed by atoms with Crippen molar-refractivity contribution in [1.29, 1.82) is 0 Å². The Labute approximate surface area is 198 Å². The van der Waals surface area contributed by atoms with E-state index in [2.05, 4.69) is 16.8 Å². The molecule has 1 aromatic rings. The zero-order valence-corrected chi connectivity index (χ0v) is 20.4. The van der Waals surface area contributed by atoms with Gasteiger partial charge in [-0.1, -0.05) is 19.3 Å². The number of benzene rings is 1. The third-order valence-electron chi connectivity index (χ3n) is 7.79. The average molecular weight is 457 g/mol. The van der Waals surface area contributed by atoms with Crippen LogP contribution in [-0.2, 0) is 4.79 Å². The fourth-order valence-electron chi connectivity index (χ4n) is 5.60. The maximum Gasteiger partial charge on any atom is 0.254 e. The Morgan fingerprint density at radius 2 is 1.55 bits per heavy atom. The van der Waals surface area contributed by atoms with Gasteiger partial charge in [0.25, 0.3) is 5.91 Å². The molecule has 182 valence electrons. The van der Waals surface area contributed by atoms with Crippen molar-refractivity contribution in [2.24, 2.45) is 0 Å². The van der Waals surface area contributed by atoms with E-state index in [4.69, 9.17) is 4.74 Å². The summed E-state index contributed by atoms with van der Waals surface area (Å²) >= 11 is 0. The van der Waals surface area contributed by atoms with Crippen LogP contribution in [-0.4, -0.2) is 103 Å². The summed E-state index contributed by atoms with van der Waals surface area (Å²) in [5.74, 6) is 0.780. The molecule has 0 N–H and O–H groups in total. The Morgan fingerprint density at radius 1 is 0.909 bits per heavy atom. The number of likely N-dealkylation sites (tertiary alicyclic amines) is 1. The molecule has 0 radical (unpaired) electrons. The minimum atomic E-state index is -0.0390. The number of nitrogens with zero attached hydrogens (tertiary/aromatic N) is 4. The third kappa shape index (κ3) is 6.07. The Hall–Kier alpha value is -2.12. The first-order valence-corrected chi connectivity index (χ1v) is 12.7. The van der Waals surface area contributed by atoms with Crippen molar-refractivity contribution in [3.05, 3.63) is 29.8 Å². The van der Waals surface area contributed by atoms with Crippen molar-refractivity contribution in [3.8, 4) is 5.75 Å². The summed E-state index contributed by atoms with van der Waals surface area (Å²) in [5, 5.41) is 0. The molecule has 2 heterocycles. The molecule has 0 bridgehead atoms. The molecule has 7 heteroatoms. The topological polar surface area (TPSA) is 56.3 Å². The molecule has 2 aliphatic heterocycles. The summed E-state index contributed by atoms with van der Waals surface area (Å²) in [6, 6.07) is 8.04. The van der Waals surface area contributed by atoms with Gasteiger partial charge in [0.1, 0.15) is 12.3 Å². The number of hydrogen-bond donors (Lipinski definition) is 0. The van der Waals surface area contributed by atoms with Crippen LogP contribution in [0.1, 0.15) is 55.3 Å². The van der Waals surface area contributed by atoms with Gasteiger partial charge in [0.2, 0.25) is 5.91 Å². The SMILES string of the molecule is COc1ccc(C(=O)N(CC(=O)N2CCN(C3CCN(C)CC3)CC2)C2CCCCC2)cc1. The predicted octanol–water partition coefficient (Wildman–Crippen LogP) is 2.71. The summed E-state index contributed by atoms with van der Waals surface area (Å²) in [4.78, 5) is 35.5. The zero-order valence-electron chi connectivity index (χ0n) is 20.4. The van der Waals surface area contributed by atoms with Crippen molar-refractivity contribution < 1.29 is 14.3 Å². The Balaban J connectivity index is 1.37. The van der Waals surface area contributed by atoms with Gasteiger partial charge in [-0.15, -0.1) is 0 Å². The highest BCUT2D eigenvalue weighted by atomic mass is 16.5. The number of amides is 2. The van der Waals surface area contributed by atoms with Crippen molar-refractivity contribution in [2.45, 2.75) is 57.0 Å². The standard InChI is InChI=1S/C26H40N4O3/c1-27-14-12-22(13-15-27)28-16-18-29(19-17-28)25(31)20-30(23-6-4-3-5-7-23)26(32)21-8-10-24(33-2)11-9-21/h8-11,22-23H,3-7,12-20H2,1-2H3. The second-order valence-electron chi connectivity index (χ2n) is 9.90. The number of carbonyl (C=O) groups is 2. The fourth-order valence-corrected chi connectivity index (χ4v) is 5.60. The summed E-state index contributed by atoms with van der Waals surface area (Å²) in [7, 11) is 3.81. The van der Waals surface area contributed by atoms with Gasteiger partial charge < -0.3 is 19.4 Å². The van der Waals surface area contributed by atoms with Crippen LogP contribution in [0.15, 0.2) is 24.3 Å². The lowest BCUT2D eigenvalue weighted by atomic mass is 9.93. The normalized spacial score (nSPS) is 21.7. The van der Waals surface area contributed by atoms with Gasteiger partial charge >= 0.3 is 0 Å². The number of rotatable bonds is 6. The molecule has 1 aliphatic carbocycles. The lowest BCUT2D eigenvalue weighted by Gasteiger charge is -2.43. The largest absolute Gasteiger partial charge is 0.497 e. The molecule has 0 aromatic heterocycles. The van der Waals surface area contributed by atoms with E-state index >= 15 is 0 Å². The molecule has 2 saturated heterocycles. The van der Waals surface area contributed by atoms with Gasteiger partial charge in [-0.05, 0) is 70.1 Å². The second kappa shape index (κ2) is 11.3. The average Bonchev–Trinajstić information content (AvgIpc) is 2.88. The first-order valence-electron chi connectivity index (χ1n) is 12.7. The van der Waals surface area contributed by atoms with Gasteiger partial charge in [0, 0.05) is 43.8 Å². The lowest BCUT2D eigenvalue weighted by Crippen LogP contribution is -2.56. The number of piperidine rings is 1. The number of ether oxygens (including phenoxy) is 1. The maximum atomic E-state index is 13.4. The van der Waals surface area contributed by atoms with Gasteiger partial charge in [-0.2, -0.15) is 0 Å². The van der Waals surface area contributed by atoms with Gasteiger partial charge in [0.05, 0.1) is 7.11 Å². The van der Waals surface area contributed by atoms with Crippen molar-refractivity contribution in [3.63, 3.8) is 0 Å². The second-order valence-corrected chi connectivity index (χ2v) is 9.90. The van der Waals surface area contributed by atoms with E-state index in [0.717, 1.165) is 70.7 Å². The Bertz CT molecular complexity index is 777. The number of hydrogen-bond acceptors (Lipinski definition) is 5. The minimum absolute atomic E-state index is 0.0390. The van der Waals surface area contributed by atoms with Gasteiger partial charge in [0.15, 0.2) is 0 Å². The smallest absolute Gasteiger partial charge is 0.254 e. The maximum absolute atomic E-state index is 13.4. The molecule has 0 unspecified atom stereocenters. The van der Waals surface area contributed by atoms with Crippen LogP contribution in [0, 0.1) is 0 Å². The predicted molar refractivity (Wildman–Crippen MR) is 130 cm³/mol. The van der Waals surface area contributed by atoms with Crippen molar-refractivity contribution in [2.75, 3.05) is 60.0 Å². The molecule has 33 heavy (non-hydrogen) atoms. The molecule has 1 aromatic carbocycles. The summed E-state index contributed by atoms with van der Waals surface area (Å²) in [5.41, 5.74) is 0.626. The quantitative estimate of drug-likeness (QED) is 0.659. The highest BCUT2D eigenvalue weighted by molar-refractivity contribution is 5.96. The summed E-state index contributed by atoms with van der Waals surface area (Å²) < 4.78 is 5.24. The molecular formula is C26H40N4O3. The molecule has 7 nitrogen and oxygen atoms in total. The molecule has 4 rings (SSSR count). The minimum Gasteiger partial charge on any atom is -0.497 e. The third-order valence-corrected chi connectivity index (χ3v) is 7.79. The van der Waals surface area contributed by atoms with Crippen LogP contribution in [0.25, 0.3) is 0 Å². The van der Waals surface area contributed by atoms with Crippen molar-refractivity contribution >= 4 is 11.8 Å². The van der Waals surface area contributed by atoms with Crippen LogP contribution < -0.4 is 4.74 Å². The van der Waals surface area contributed by atoms with Crippen molar-refractivity contribution in [1.82, 2.24) is 19.6 Å². The fraction of sp³-hybridized carbons (Fsp3) is 0.692. The van der Waals surface area contributed by atoms with E-state index in [9.17, 15) is 9.59 Å². The van der Waals surface area contributed by atoms with Crippen LogP contribution in [0.3, 0.4) is 0 Å². The molecule has 2 amide bonds. The number of carbonyl (C=O) groups excluding carboxylic acids is 2. The number of methoxy groups -OCH3 is 1. The lowest BCUT2D eigenvalue weighted by molar-refractivity contribution is -0.134. The van der Waals surface area contributed by atoms with E-state index in [-0.39, 0.29) is 24.4 Å². The highest BCUT2D eigenvalue weighted by Crippen LogP contribution is 2.25. The van der Waals surface area contributed by atoms with E-state index in [1.54, 1.807) is 7.11 Å². The van der Waals surface area contributed by atoms with E-state index < -0.39 is 0 Å². The molecule has 0 atom stereocenters. The zero-order chi connectivity index (χ0) is 23.2. The molecule has 3 aliphatic rings. The van der Waals surface area contributed by atoms with Gasteiger partial charge in [-0.3, -0.25) is 14.5 Å². The summed E-state index contributed by atoms with van der Waals surface area (Å²) in [6.45, 7) is 5.91. The first-order chi connectivity index (χ1) is 16.0. The van der Waals surface area contributed by atoms with Crippen LogP contribution in [0.4, 0.5) is 0 Å². The van der Waals surface area contributed by atoms with E-state index in [0.29, 0.717) is 11.6 Å². The van der Waals surface area contributed by atoms with E-state index in [1.165, 1.54) is 19.3 Å². The molecule has 0 spiro atoms. The molecular weight excluding hydrogens is 416 g/mol.